The third-order valence-electron chi connectivity index (χ3n) is 5.81. The number of thiazole rings is 1. The van der Waals surface area contributed by atoms with Crippen LogP contribution >= 0.6 is 22.9 Å². The fourth-order valence-electron chi connectivity index (χ4n) is 3.96. The monoisotopic (exact) mass is 463 g/mol. The van der Waals surface area contributed by atoms with Gasteiger partial charge in [0.25, 0.3) is 0 Å². The van der Waals surface area contributed by atoms with Crippen LogP contribution in [0.2, 0.25) is 5.15 Å². The van der Waals surface area contributed by atoms with Gasteiger partial charge in [0.1, 0.15) is 22.1 Å². The molecule has 10 heteroatoms. The van der Waals surface area contributed by atoms with E-state index in [2.05, 4.69) is 20.3 Å². The number of hydrogen-bond acceptors (Lipinski definition) is 9. The zero-order chi connectivity index (χ0) is 22.2. The average molecular weight is 464 g/mol. The maximum Gasteiger partial charge on any atom is 0.228 e. The largest absolute Gasteiger partial charge is 0.396 e. The number of anilines is 2. The van der Waals surface area contributed by atoms with Gasteiger partial charge < -0.3 is 25.5 Å². The summed E-state index contributed by atoms with van der Waals surface area (Å²) in [7, 11) is 0. The number of aliphatic hydroxyl groups is 3. The van der Waals surface area contributed by atoms with Gasteiger partial charge in [0, 0.05) is 25.6 Å². The highest BCUT2D eigenvalue weighted by Crippen LogP contribution is 2.42. The smallest absolute Gasteiger partial charge is 0.228 e. The predicted octanol–water partition coefficient (Wildman–Crippen LogP) is 3.12. The number of halogens is 1. The molecule has 8 nitrogen and oxygen atoms in total. The van der Waals surface area contributed by atoms with E-state index in [1.54, 1.807) is 0 Å². The number of hydrogen-bond donors (Lipinski definition) is 4. The summed E-state index contributed by atoms with van der Waals surface area (Å²) >= 11 is 8.10. The fourth-order valence-corrected chi connectivity index (χ4v) is 5.29. The molecule has 3 unspecified atom stereocenters. The molecule has 1 aliphatic carbocycles. The van der Waals surface area contributed by atoms with Crippen molar-refractivity contribution in [3.63, 3.8) is 0 Å². The summed E-state index contributed by atoms with van der Waals surface area (Å²) in [6.07, 6.45) is -0.397. The van der Waals surface area contributed by atoms with Crippen LogP contribution in [0.5, 0.6) is 0 Å². The van der Waals surface area contributed by atoms with Gasteiger partial charge in [-0.2, -0.15) is 4.98 Å². The van der Waals surface area contributed by atoms with Crippen molar-refractivity contribution >= 4 is 44.9 Å². The number of nitrogens with one attached hydrogen (secondary N) is 1. The van der Waals surface area contributed by atoms with Crippen molar-refractivity contribution in [3.05, 3.63) is 29.4 Å². The van der Waals surface area contributed by atoms with Gasteiger partial charge >= 0.3 is 0 Å². The molecule has 166 valence electrons. The molecule has 0 saturated heterocycles. The van der Waals surface area contributed by atoms with Crippen LogP contribution in [0.15, 0.2) is 24.3 Å². The molecule has 0 radical (unpaired) electrons. The Morgan fingerprint density at radius 2 is 1.97 bits per heavy atom. The van der Waals surface area contributed by atoms with Gasteiger partial charge in [0.15, 0.2) is 5.72 Å². The first-order valence-corrected chi connectivity index (χ1v) is 11.6. The van der Waals surface area contributed by atoms with E-state index in [1.165, 1.54) is 11.3 Å². The standard InChI is InChI=1S/C21H26ClN5O3S/c1-3-27(4-2)20-24-17(22)15(19-23-13-7-5-6-8-14(13)31-19)18(25-20)26-21(30)10-9-12(11-28)16(21)29/h5-8,12,16,28-30H,3-4,9-11H2,1-2H3,(H,24,25,26). The van der Waals surface area contributed by atoms with Crippen molar-refractivity contribution in [2.75, 3.05) is 29.9 Å². The number of aromatic nitrogens is 3. The number of benzene rings is 1. The maximum absolute atomic E-state index is 11.2. The summed E-state index contributed by atoms with van der Waals surface area (Å²) in [6.45, 7) is 5.16. The molecule has 1 aromatic carbocycles. The first-order chi connectivity index (χ1) is 14.9. The minimum absolute atomic E-state index is 0.203. The quantitative estimate of drug-likeness (QED) is 0.312. The lowest BCUT2D eigenvalue weighted by atomic mass is 10.0. The summed E-state index contributed by atoms with van der Waals surface area (Å²) in [4.78, 5) is 15.8. The molecule has 1 saturated carbocycles. The van der Waals surface area contributed by atoms with Crippen molar-refractivity contribution in [2.24, 2.45) is 5.92 Å². The molecule has 0 aliphatic heterocycles. The molecule has 0 amide bonds. The summed E-state index contributed by atoms with van der Waals surface area (Å²) in [5.41, 5.74) is -0.332. The molecule has 31 heavy (non-hydrogen) atoms. The second-order valence-corrected chi connectivity index (χ2v) is 9.06. The van der Waals surface area contributed by atoms with Crippen molar-refractivity contribution in [2.45, 2.75) is 38.5 Å². The van der Waals surface area contributed by atoms with Gasteiger partial charge in [-0.3, -0.25) is 0 Å². The van der Waals surface area contributed by atoms with Gasteiger partial charge in [-0.25, -0.2) is 9.97 Å². The van der Waals surface area contributed by atoms with E-state index in [0.29, 0.717) is 41.8 Å². The number of para-hydroxylation sites is 1. The molecular formula is C21H26ClN5O3S. The normalized spacial score (nSPS) is 23.4. The lowest BCUT2D eigenvalue weighted by Gasteiger charge is -2.31. The molecule has 1 aliphatic rings. The van der Waals surface area contributed by atoms with Gasteiger partial charge in [0.05, 0.1) is 15.8 Å². The Morgan fingerprint density at radius 1 is 1.23 bits per heavy atom. The van der Waals surface area contributed by atoms with Crippen molar-refractivity contribution in [1.82, 2.24) is 15.0 Å². The molecular weight excluding hydrogens is 438 g/mol. The molecule has 3 atom stereocenters. The second kappa shape index (κ2) is 8.84. The third kappa shape index (κ3) is 4.08. The average Bonchev–Trinajstić information content (AvgIpc) is 3.29. The summed E-state index contributed by atoms with van der Waals surface area (Å²) in [6, 6.07) is 7.75. The van der Waals surface area contributed by atoms with Crippen molar-refractivity contribution in [1.29, 1.82) is 0 Å². The molecule has 1 fully saturated rings. The van der Waals surface area contributed by atoms with E-state index in [0.717, 1.165) is 10.2 Å². The van der Waals surface area contributed by atoms with Crippen molar-refractivity contribution < 1.29 is 15.3 Å². The zero-order valence-corrected chi connectivity index (χ0v) is 19.0. The second-order valence-electron chi connectivity index (χ2n) is 7.67. The highest BCUT2D eigenvalue weighted by Gasteiger charge is 2.47. The van der Waals surface area contributed by atoms with E-state index in [4.69, 9.17) is 11.6 Å². The summed E-state index contributed by atoms with van der Waals surface area (Å²) < 4.78 is 0.993. The van der Waals surface area contributed by atoms with Crippen LogP contribution < -0.4 is 10.2 Å². The number of aliphatic hydroxyl groups excluding tert-OH is 2. The van der Waals surface area contributed by atoms with Gasteiger partial charge in [0.2, 0.25) is 5.95 Å². The van der Waals surface area contributed by atoms with E-state index in [-0.39, 0.29) is 18.2 Å². The molecule has 2 heterocycles. The van der Waals surface area contributed by atoms with Crippen LogP contribution in [0.1, 0.15) is 26.7 Å². The molecule has 0 spiro atoms. The van der Waals surface area contributed by atoms with Crippen LogP contribution in [-0.4, -0.2) is 61.8 Å². The van der Waals surface area contributed by atoms with E-state index in [1.807, 2.05) is 43.0 Å². The van der Waals surface area contributed by atoms with Crippen molar-refractivity contribution in [3.8, 4) is 10.6 Å². The molecule has 0 bridgehead atoms. The van der Waals surface area contributed by atoms with Gasteiger partial charge in [-0.1, -0.05) is 23.7 Å². The van der Waals surface area contributed by atoms with Crippen LogP contribution in [0, 0.1) is 5.92 Å². The predicted molar refractivity (Wildman–Crippen MR) is 124 cm³/mol. The first kappa shape index (κ1) is 22.2. The van der Waals surface area contributed by atoms with Gasteiger partial charge in [-0.15, -0.1) is 11.3 Å². The number of rotatable bonds is 7. The van der Waals surface area contributed by atoms with Crippen LogP contribution in [-0.2, 0) is 0 Å². The minimum atomic E-state index is -1.64. The van der Waals surface area contributed by atoms with Crippen LogP contribution in [0.3, 0.4) is 0 Å². The maximum atomic E-state index is 11.2. The summed E-state index contributed by atoms with van der Waals surface area (Å²) in [5.74, 6) is 0.321. The van der Waals surface area contributed by atoms with E-state index in [9.17, 15) is 15.3 Å². The lowest BCUT2D eigenvalue weighted by Crippen LogP contribution is -2.48. The Balaban J connectivity index is 1.84. The molecule has 4 rings (SSSR count). The number of fused-ring (bicyclic) bond motifs is 1. The Labute approximate surface area is 189 Å². The zero-order valence-electron chi connectivity index (χ0n) is 17.4. The molecule has 3 aromatic rings. The van der Waals surface area contributed by atoms with E-state index >= 15 is 0 Å². The van der Waals surface area contributed by atoms with Crippen LogP contribution in [0.4, 0.5) is 11.8 Å². The molecule has 4 N–H and O–H groups in total. The topological polar surface area (TPSA) is 115 Å². The van der Waals surface area contributed by atoms with Gasteiger partial charge in [-0.05, 0) is 38.8 Å². The summed E-state index contributed by atoms with van der Waals surface area (Å²) in [5, 5.41) is 35.1. The Hall–Kier alpha value is -2.04. The SMILES string of the molecule is CCN(CC)c1nc(Cl)c(-c2nc3ccccc3s2)c(NC2(O)CCC(CO)C2O)n1. The Bertz CT molecular complexity index is 1040. The number of nitrogens with zero attached hydrogens (tertiary/aromatic N) is 4. The molecule has 2 aromatic heterocycles. The Morgan fingerprint density at radius 3 is 2.61 bits per heavy atom. The Kier molecular flexibility index (Phi) is 6.32. The highest BCUT2D eigenvalue weighted by atomic mass is 35.5. The lowest BCUT2D eigenvalue weighted by molar-refractivity contribution is -0.0545. The highest BCUT2D eigenvalue weighted by molar-refractivity contribution is 7.21. The van der Waals surface area contributed by atoms with E-state index < -0.39 is 17.7 Å². The van der Waals surface area contributed by atoms with Crippen LogP contribution in [0.25, 0.3) is 20.8 Å². The fraction of sp³-hybridized carbons (Fsp3) is 0.476. The third-order valence-corrected chi connectivity index (χ3v) is 7.14. The first-order valence-electron chi connectivity index (χ1n) is 10.4. The minimum Gasteiger partial charge on any atom is -0.396 e.